The maximum absolute atomic E-state index is 12.4. The zero-order valence-electron chi connectivity index (χ0n) is 10.5. The minimum Gasteiger partial charge on any atom is -0.508 e. The van der Waals surface area contributed by atoms with Crippen LogP contribution in [0.5, 0.6) is 5.75 Å². The molecule has 2 aromatic carbocycles. The average molecular weight is 287 g/mol. The largest absolute Gasteiger partial charge is 0.508 e. The SMILES string of the molecule is O=c1c(Cc2ccccc2)coc2cc(O)cc(Cl)c12. The maximum Gasteiger partial charge on any atom is 0.197 e. The molecule has 3 aromatic rings. The number of fused-ring (bicyclic) bond motifs is 1. The molecule has 0 atom stereocenters. The molecule has 0 fully saturated rings. The first-order valence-electron chi connectivity index (χ1n) is 6.12. The highest BCUT2D eigenvalue weighted by molar-refractivity contribution is 6.35. The van der Waals surface area contributed by atoms with Crippen LogP contribution in [0.15, 0.2) is 57.9 Å². The molecule has 0 spiro atoms. The van der Waals surface area contributed by atoms with Crippen LogP contribution < -0.4 is 5.43 Å². The second-order valence-electron chi connectivity index (χ2n) is 4.55. The Labute approximate surface area is 120 Å². The van der Waals surface area contributed by atoms with E-state index in [0.29, 0.717) is 17.4 Å². The molecule has 0 saturated carbocycles. The topological polar surface area (TPSA) is 50.4 Å². The molecule has 0 aliphatic rings. The van der Waals surface area contributed by atoms with Gasteiger partial charge in [0.1, 0.15) is 11.3 Å². The summed E-state index contributed by atoms with van der Waals surface area (Å²) in [4.78, 5) is 12.4. The predicted molar refractivity (Wildman–Crippen MR) is 78.4 cm³/mol. The molecule has 0 amide bonds. The molecule has 100 valence electrons. The van der Waals surface area contributed by atoms with Crippen molar-refractivity contribution in [2.75, 3.05) is 0 Å². The van der Waals surface area contributed by atoms with Crippen molar-refractivity contribution in [1.82, 2.24) is 0 Å². The summed E-state index contributed by atoms with van der Waals surface area (Å²) >= 11 is 6.02. The lowest BCUT2D eigenvalue weighted by molar-refractivity contribution is 0.474. The normalized spacial score (nSPS) is 10.8. The number of hydrogen-bond acceptors (Lipinski definition) is 3. The fourth-order valence-corrected chi connectivity index (χ4v) is 2.46. The lowest BCUT2D eigenvalue weighted by atomic mass is 10.0. The fraction of sp³-hybridized carbons (Fsp3) is 0.0625. The van der Waals surface area contributed by atoms with Crippen LogP contribution >= 0.6 is 11.6 Å². The maximum atomic E-state index is 12.4. The molecule has 3 rings (SSSR count). The zero-order valence-corrected chi connectivity index (χ0v) is 11.2. The van der Waals surface area contributed by atoms with Crippen LogP contribution in [-0.2, 0) is 6.42 Å². The van der Waals surface area contributed by atoms with E-state index in [-0.39, 0.29) is 21.8 Å². The van der Waals surface area contributed by atoms with E-state index in [0.717, 1.165) is 5.56 Å². The Morgan fingerprint density at radius 1 is 1.15 bits per heavy atom. The Kier molecular flexibility index (Phi) is 3.20. The molecule has 0 saturated heterocycles. The number of halogens is 1. The van der Waals surface area contributed by atoms with Gasteiger partial charge in [-0.15, -0.1) is 0 Å². The molecular weight excluding hydrogens is 276 g/mol. The van der Waals surface area contributed by atoms with Crippen LogP contribution in [0.25, 0.3) is 11.0 Å². The summed E-state index contributed by atoms with van der Waals surface area (Å²) in [5.41, 5.74) is 1.68. The van der Waals surface area contributed by atoms with Crippen molar-refractivity contribution in [3.63, 3.8) is 0 Å². The minimum absolute atomic E-state index is 0.0264. The zero-order chi connectivity index (χ0) is 14.1. The molecule has 0 aliphatic carbocycles. The smallest absolute Gasteiger partial charge is 0.197 e. The summed E-state index contributed by atoms with van der Waals surface area (Å²) in [6, 6.07) is 12.4. The molecule has 0 bridgehead atoms. The highest BCUT2D eigenvalue weighted by atomic mass is 35.5. The first-order valence-corrected chi connectivity index (χ1v) is 6.50. The van der Waals surface area contributed by atoms with Gasteiger partial charge >= 0.3 is 0 Å². The van der Waals surface area contributed by atoms with Gasteiger partial charge < -0.3 is 9.52 Å². The molecule has 0 unspecified atom stereocenters. The van der Waals surface area contributed by atoms with Crippen molar-refractivity contribution in [2.24, 2.45) is 0 Å². The summed E-state index contributed by atoms with van der Waals surface area (Å²) < 4.78 is 5.41. The lowest BCUT2D eigenvalue weighted by Crippen LogP contribution is -2.09. The van der Waals surface area contributed by atoms with Gasteiger partial charge in [0.15, 0.2) is 5.43 Å². The fourth-order valence-electron chi connectivity index (χ4n) is 2.17. The van der Waals surface area contributed by atoms with Crippen LogP contribution in [0.3, 0.4) is 0 Å². The quantitative estimate of drug-likeness (QED) is 0.781. The summed E-state index contributed by atoms with van der Waals surface area (Å²) in [6.45, 7) is 0. The number of benzene rings is 2. The van der Waals surface area contributed by atoms with E-state index in [2.05, 4.69) is 0 Å². The van der Waals surface area contributed by atoms with E-state index in [1.54, 1.807) is 0 Å². The molecule has 1 N–H and O–H groups in total. The number of phenols is 1. The van der Waals surface area contributed by atoms with Gasteiger partial charge in [-0.05, 0) is 11.6 Å². The van der Waals surface area contributed by atoms with E-state index >= 15 is 0 Å². The second-order valence-corrected chi connectivity index (χ2v) is 4.96. The van der Waals surface area contributed by atoms with Crippen LogP contribution in [0, 0.1) is 0 Å². The van der Waals surface area contributed by atoms with Gasteiger partial charge in [-0.25, -0.2) is 0 Å². The summed E-state index contributed by atoms with van der Waals surface area (Å²) in [6.07, 6.45) is 1.91. The van der Waals surface area contributed by atoms with Crippen LogP contribution in [-0.4, -0.2) is 5.11 Å². The first-order chi connectivity index (χ1) is 9.65. The van der Waals surface area contributed by atoms with Crippen molar-refractivity contribution < 1.29 is 9.52 Å². The molecule has 1 aromatic heterocycles. The van der Waals surface area contributed by atoms with Gasteiger partial charge in [-0.2, -0.15) is 0 Å². The third-order valence-corrected chi connectivity index (χ3v) is 3.42. The number of phenolic OH excluding ortho intramolecular Hbond substituents is 1. The third-order valence-electron chi connectivity index (χ3n) is 3.12. The average Bonchev–Trinajstić information content (AvgIpc) is 2.42. The van der Waals surface area contributed by atoms with Gasteiger partial charge in [-0.1, -0.05) is 41.9 Å². The molecule has 4 heteroatoms. The van der Waals surface area contributed by atoms with E-state index in [9.17, 15) is 9.90 Å². The molecule has 1 heterocycles. The van der Waals surface area contributed by atoms with Crippen LogP contribution in [0.2, 0.25) is 5.02 Å². The van der Waals surface area contributed by atoms with E-state index in [1.807, 2.05) is 30.3 Å². The Morgan fingerprint density at radius 2 is 1.90 bits per heavy atom. The summed E-state index contributed by atoms with van der Waals surface area (Å²) in [5, 5.41) is 9.96. The van der Waals surface area contributed by atoms with Crippen LogP contribution in [0.4, 0.5) is 0 Å². The van der Waals surface area contributed by atoms with Gasteiger partial charge in [-0.3, -0.25) is 4.79 Å². The van der Waals surface area contributed by atoms with Crippen molar-refractivity contribution in [3.8, 4) is 5.75 Å². The Balaban J connectivity index is 2.15. The third kappa shape index (κ3) is 2.28. The number of rotatable bonds is 2. The lowest BCUT2D eigenvalue weighted by Gasteiger charge is -2.04. The van der Waals surface area contributed by atoms with Gasteiger partial charge in [0, 0.05) is 18.1 Å². The Morgan fingerprint density at radius 3 is 2.65 bits per heavy atom. The second kappa shape index (κ2) is 5.02. The van der Waals surface area contributed by atoms with Gasteiger partial charge in [0.2, 0.25) is 0 Å². The first kappa shape index (κ1) is 12.8. The molecule has 0 radical (unpaired) electrons. The highest BCUT2D eigenvalue weighted by Crippen LogP contribution is 2.26. The Bertz CT molecular complexity index is 822. The molecule has 20 heavy (non-hydrogen) atoms. The van der Waals surface area contributed by atoms with Crippen molar-refractivity contribution in [2.45, 2.75) is 6.42 Å². The van der Waals surface area contributed by atoms with E-state index < -0.39 is 0 Å². The van der Waals surface area contributed by atoms with Crippen LogP contribution in [0.1, 0.15) is 11.1 Å². The van der Waals surface area contributed by atoms with Crippen molar-refractivity contribution in [1.29, 1.82) is 0 Å². The molecular formula is C16H11ClO3. The minimum atomic E-state index is -0.167. The van der Waals surface area contributed by atoms with Gasteiger partial charge in [0.05, 0.1) is 16.7 Å². The van der Waals surface area contributed by atoms with Crippen molar-refractivity contribution >= 4 is 22.6 Å². The Hall–Kier alpha value is -2.26. The van der Waals surface area contributed by atoms with E-state index in [1.165, 1.54) is 18.4 Å². The van der Waals surface area contributed by atoms with Gasteiger partial charge in [0.25, 0.3) is 0 Å². The van der Waals surface area contributed by atoms with Crippen molar-refractivity contribution in [3.05, 3.63) is 75.1 Å². The van der Waals surface area contributed by atoms with E-state index in [4.69, 9.17) is 16.0 Å². The summed E-state index contributed by atoms with van der Waals surface area (Å²) in [5.74, 6) is -0.0264. The highest BCUT2D eigenvalue weighted by Gasteiger charge is 2.12. The number of hydrogen-bond donors (Lipinski definition) is 1. The predicted octanol–water partition coefficient (Wildman–Crippen LogP) is 3.74. The monoisotopic (exact) mass is 286 g/mol. The molecule has 0 aliphatic heterocycles. The standard InChI is InChI=1S/C16H11ClO3/c17-13-7-12(18)8-14-15(13)16(19)11(9-20-14)6-10-4-2-1-3-5-10/h1-5,7-9,18H,6H2. The molecule has 3 nitrogen and oxygen atoms in total. The summed E-state index contributed by atoms with van der Waals surface area (Å²) in [7, 11) is 0. The number of aromatic hydroxyl groups is 1.